The van der Waals surface area contributed by atoms with Crippen LogP contribution in [0.25, 0.3) is 0 Å². The summed E-state index contributed by atoms with van der Waals surface area (Å²) in [4.78, 5) is 27.2. The fourth-order valence-electron chi connectivity index (χ4n) is 2.85. The molecule has 0 fully saturated rings. The summed E-state index contributed by atoms with van der Waals surface area (Å²) in [6.07, 6.45) is 0. The summed E-state index contributed by atoms with van der Waals surface area (Å²) in [5, 5.41) is 3.77. The number of benzene rings is 2. The Hall–Kier alpha value is -1.69. The Morgan fingerprint density at radius 1 is 1.00 bits per heavy atom. The first-order valence-electron chi connectivity index (χ1n) is 9.84. The first-order valence-corrected chi connectivity index (χ1v) is 11.8. The predicted molar refractivity (Wildman–Crippen MR) is 127 cm³/mol. The van der Waals surface area contributed by atoms with Gasteiger partial charge in [0, 0.05) is 18.3 Å². The second kappa shape index (κ2) is 11.6. The zero-order valence-electron chi connectivity index (χ0n) is 17.7. The van der Waals surface area contributed by atoms with Crippen LogP contribution in [0.15, 0.2) is 42.5 Å². The number of nitrogens with zero attached hydrogens (tertiary/aromatic N) is 1. The molecule has 4 nitrogen and oxygen atoms in total. The fraction of sp³-hybridized carbons (Fsp3) is 0.391. The Balaban J connectivity index is 2.09. The van der Waals surface area contributed by atoms with E-state index in [4.69, 9.17) is 23.2 Å². The van der Waals surface area contributed by atoms with Crippen LogP contribution >= 0.6 is 35.0 Å². The van der Waals surface area contributed by atoms with Crippen molar-refractivity contribution in [3.8, 4) is 0 Å². The first kappa shape index (κ1) is 24.6. The Labute approximate surface area is 193 Å². The van der Waals surface area contributed by atoms with E-state index in [0.717, 1.165) is 11.3 Å². The van der Waals surface area contributed by atoms with Crippen molar-refractivity contribution in [1.29, 1.82) is 0 Å². The van der Waals surface area contributed by atoms with Crippen molar-refractivity contribution in [3.05, 3.63) is 69.2 Å². The number of halogens is 2. The predicted octanol–water partition coefficient (Wildman–Crippen LogP) is 5.48. The highest BCUT2D eigenvalue weighted by molar-refractivity contribution is 7.99. The summed E-state index contributed by atoms with van der Waals surface area (Å²) >= 11 is 13.7. The minimum atomic E-state index is -0.602. The second-order valence-corrected chi connectivity index (χ2v) is 9.39. The number of hydrogen-bond acceptors (Lipinski definition) is 3. The van der Waals surface area contributed by atoms with Crippen LogP contribution in [0, 0.1) is 6.92 Å². The molecule has 1 unspecified atom stereocenters. The van der Waals surface area contributed by atoms with Crippen molar-refractivity contribution < 1.29 is 9.59 Å². The minimum absolute atomic E-state index is 0.00205. The van der Waals surface area contributed by atoms with E-state index in [1.54, 1.807) is 24.0 Å². The third-order valence-electron chi connectivity index (χ3n) is 4.55. The van der Waals surface area contributed by atoms with E-state index in [1.807, 2.05) is 26.8 Å². The highest BCUT2D eigenvalue weighted by Gasteiger charge is 2.26. The fourth-order valence-corrected chi connectivity index (χ4v) is 4.04. The third kappa shape index (κ3) is 7.53. The summed E-state index contributed by atoms with van der Waals surface area (Å²) in [6.45, 7) is 7.87. The molecule has 1 atom stereocenters. The Morgan fingerprint density at radius 2 is 1.63 bits per heavy atom. The number of thioether (sulfide) groups is 1. The smallest absolute Gasteiger partial charge is 0.242 e. The molecule has 7 heteroatoms. The van der Waals surface area contributed by atoms with Gasteiger partial charge in [-0.3, -0.25) is 9.59 Å². The van der Waals surface area contributed by atoms with Gasteiger partial charge in [-0.1, -0.05) is 59.1 Å². The molecule has 0 radical (unpaired) electrons. The molecule has 0 aliphatic heterocycles. The maximum Gasteiger partial charge on any atom is 0.242 e. The van der Waals surface area contributed by atoms with Crippen LogP contribution in [0.5, 0.6) is 0 Å². The average Bonchev–Trinajstić information content (AvgIpc) is 2.69. The number of amides is 2. The summed E-state index contributed by atoms with van der Waals surface area (Å²) in [5.41, 5.74) is 3.20. The summed E-state index contributed by atoms with van der Waals surface area (Å²) in [6, 6.07) is 12.9. The molecular weight excluding hydrogens is 439 g/mol. The molecule has 0 heterocycles. The number of carbonyl (C=O) groups excluding carboxylic acids is 2. The lowest BCUT2D eigenvalue weighted by molar-refractivity contribution is -0.138. The lowest BCUT2D eigenvalue weighted by Gasteiger charge is -2.29. The quantitative estimate of drug-likeness (QED) is 0.532. The van der Waals surface area contributed by atoms with E-state index in [2.05, 4.69) is 29.6 Å². The lowest BCUT2D eigenvalue weighted by Crippen LogP contribution is -2.49. The van der Waals surface area contributed by atoms with Gasteiger partial charge in [-0.05, 0) is 51.0 Å². The lowest BCUT2D eigenvalue weighted by atomic mass is 10.1. The maximum atomic E-state index is 13.0. The second-order valence-electron chi connectivity index (χ2n) is 7.59. The third-order valence-corrected chi connectivity index (χ3v) is 6.28. The zero-order chi connectivity index (χ0) is 22.3. The molecule has 2 amide bonds. The van der Waals surface area contributed by atoms with Crippen LogP contribution in [0.4, 0.5) is 0 Å². The number of nitrogens with one attached hydrogen (secondary N) is 1. The van der Waals surface area contributed by atoms with Crippen LogP contribution in [0.2, 0.25) is 10.0 Å². The molecule has 1 N–H and O–H groups in total. The highest BCUT2D eigenvalue weighted by atomic mass is 35.5. The number of rotatable bonds is 9. The normalized spacial score (nSPS) is 12.0. The molecular formula is C23H28Cl2N2O2S. The van der Waals surface area contributed by atoms with Crippen molar-refractivity contribution in [3.63, 3.8) is 0 Å². The molecule has 0 aliphatic rings. The number of hydrogen-bond donors (Lipinski definition) is 1. The van der Waals surface area contributed by atoms with Crippen LogP contribution in [-0.2, 0) is 21.9 Å². The molecule has 2 rings (SSSR count). The Morgan fingerprint density at radius 3 is 2.23 bits per heavy atom. The summed E-state index contributed by atoms with van der Waals surface area (Å²) < 4.78 is 0. The first-order chi connectivity index (χ1) is 14.2. The maximum absolute atomic E-state index is 13.0. The number of aryl methyl sites for hydroxylation is 1. The van der Waals surface area contributed by atoms with Gasteiger partial charge in [0.2, 0.25) is 11.8 Å². The van der Waals surface area contributed by atoms with Crippen molar-refractivity contribution in [2.24, 2.45) is 0 Å². The van der Waals surface area contributed by atoms with E-state index in [1.165, 1.54) is 22.9 Å². The number of carbonyl (C=O) groups is 2. The molecule has 0 aromatic heterocycles. The van der Waals surface area contributed by atoms with E-state index in [9.17, 15) is 9.59 Å². The van der Waals surface area contributed by atoms with Crippen LogP contribution < -0.4 is 5.32 Å². The van der Waals surface area contributed by atoms with Crippen molar-refractivity contribution in [2.45, 2.75) is 52.1 Å². The Kier molecular flexibility index (Phi) is 9.53. The summed E-state index contributed by atoms with van der Waals surface area (Å²) in [7, 11) is 0. The van der Waals surface area contributed by atoms with Crippen LogP contribution in [0.3, 0.4) is 0 Å². The van der Waals surface area contributed by atoms with Gasteiger partial charge < -0.3 is 10.2 Å². The Bertz CT molecular complexity index is 872. The largest absolute Gasteiger partial charge is 0.352 e. The van der Waals surface area contributed by atoms with Crippen molar-refractivity contribution >= 4 is 46.8 Å². The zero-order valence-corrected chi connectivity index (χ0v) is 20.1. The van der Waals surface area contributed by atoms with E-state index in [-0.39, 0.29) is 30.2 Å². The molecule has 2 aromatic rings. The van der Waals surface area contributed by atoms with Gasteiger partial charge in [0.15, 0.2) is 0 Å². The standard InChI is InChI=1S/C23H28Cl2N2O2S/c1-15(2)26-23(29)17(4)27(12-19-9-10-20(24)21(25)11-19)22(28)14-30-13-18-7-5-16(3)6-8-18/h5-11,15,17H,12-14H2,1-4H3,(H,26,29). The minimum Gasteiger partial charge on any atom is -0.352 e. The molecule has 0 saturated heterocycles. The van der Waals surface area contributed by atoms with Gasteiger partial charge in [-0.15, -0.1) is 11.8 Å². The van der Waals surface area contributed by atoms with Gasteiger partial charge in [0.1, 0.15) is 6.04 Å². The molecule has 162 valence electrons. The van der Waals surface area contributed by atoms with Gasteiger partial charge in [0.25, 0.3) is 0 Å². The monoisotopic (exact) mass is 466 g/mol. The van der Waals surface area contributed by atoms with Gasteiger partial charge in [-0.25, -0.2) is 0 Å². The van der Waals surface area contributed by atoms with Gasteiger partial charge in [0.05, 0.1) is 15.8 Å². The molecule has 0 saturated carbocycles. The SMILES string of the molecule is Cc1ccc(CSCC(=O)N(Cc2ccc(Cl)c(Cl)c2)C(C)C(=O)NC(C)C)cc1. The molecule has 2 aromatic carbocycles. The molecule has 0 spiro atoms. The topological polar surface area (TPSA) is 49.4 Å². The average molecular weight is 467 g/mol. The molecule has 0 aliphatic carbocycles. The van der Waals surface area contributed by atoms with Gasteiger partial charge in [-0.2, -0.15) is 0 Å². The van der Waals surface area contributed by atoms with Crippen molar-refractivity contribution in [2.75, 3.05) is 5.75 Å². The van der Waals surface area contributed by atoms with Crippen LogP contribution in [-0.4, -0.2) is 34.6 Å². The van der Waals surface area contributed by atoms with E-state index >= 15 is 0 Å². The van der Waals surface area contributed by atoms with Crippen molar-refractivity contribution in [1.82, 2.24) is 10.2 Å². The molecule has 0 bridgehead atoms. The van der Waals surface area contributed by atoms with E-state index in [0.29, 0.717) is 10.0 Å². The van der Waals surface area contributed by atoms with Gasteiger partial charge >= 0.3 is 0 Å². The van der Waals surface area contributed by atoms with E-state index < -0.39 is 6.04 Å². The highest BCUT2D eigenvalue weighted by Crippen LogP contribution is 2.24. The van der Waals surface area contributed by atoms with Crippen LogP contribution in [0.1, 0.15) is 37.5 Å². The molecule has 30 heavy (non-hydrogen) atoms. The summed E-state index contributed by atoms with van der Waals surface area (Å²) in [5.74, 6) is 0.750.